The van der Waals surface area contributed by atoms with Crippen LogP contribution in [0, 0.1) is 5.82 Å². The quantitative estimate of drug-likeness (QED) is 0.761. The van der Waals surface area contributed by atoms with Gasteiger partial charge in [0.25, 0.3) is 0 Å². The minimum atomic E-state index is -4.69. The highest BCUT2D eigenvalue weighted by molar-refractivity contribution is 5.77. The van der Waals surface area contributed by atoms with Crippen LogP contribution in [0.4, 0.5) is 17.6 Å². The summed E-state index contributed by atoms with van der Waals surface area (Å²) in [5.41, 5.74) is 3.29. The molecule has 0 aliphatic carbocycles. The molecular formula is C9H7F4NO. The van der Waals surface area contributed by atoms with Crippen LogP contribution in [0.15, 0.2) is 18.2 Å². The highest BCUT2D eigenvalue weighted by Crippen LogP contribution is 2.32. The van der Waals surface area contributed by atoms with Crippen molar-refractivity contribution in [2.45, 2.75) is 12.6 Å². The molecule has 0 saturated carbocycles. The van der Waals surface area contributed by atoms with Gasteiger partial charge in [0.05, 0.1) is 12.0 Å². The topological polar surface area (TPSA) is 43.1 Å². The Morgan fingerprint density at radius 2 is 1.93 bits per heavy atom. The van der Waals surface area contributed by atoms with Crippen molar-refractivity contribution in [1.82, 2.24) is 0 Å². The van der Waals surface area contributed by atoms with E-state index in [1.54, 1.807) is 0 Å². The van der Waals surface area contributed by atoms with Crippen molar-refractivity contribution in [3.05, 3.63) is 35.1 Å². The fraction of sp³-hybridized carbons (Fsp3) is 0.222. The van der Waals surface area contributed by atoms with Crippen LogP contribution >= 0.6 is 0 Å². The first-order valence-electron chi connectivity index (χ1n) is 3.94. The van der Waals surface area contributed by atoms with Crippen LogP contribution in [-0.2, 0) is 17.4 Å². The van der Waals surface area contributed by atoms with Crippen LogP contribution in [-0.4, -0.2) is 5.91 Å². The zero-order chi connectivity index (χ0) is 11.6. The van der Waals surface area contributed by atoms with E-state index >= 15 is 0 Å². The second-order valence-electron chi connectivity index (χ2n) is 2.94. The van der Waals surface area contributed by atoms with Crippen LogP contribution in [0.5, 0.6) is 0 Å². The Balaban J connectivity index is 3.20. The van der Waals surface area contributed by atoms with Gasteiger partial charge in [-0.1, -0.05) is 6.07 Å². The SMILES string of the molecule is NC(=O)Cc1ccc(F)cc1C(F)(F)F. The van der Waals surface area contributed by atoms with Gasteiger partial charge in [-0.05, 0) is 17.7 Å². The van der Waals surface area contributed by atoms with E-state index < -0.39 is 29.9 Å². The van der Waals surface area contributed by atoms with E-state index in [1.165, 1.54) is 0 Å². The predicted octanol–water partition coefficient (Wildman–Crippen LogP) is 1.87. The molecule has 0 aromatic heterocycles. The summed E-state index contributed by atoms with van der Waals surface area (Å²) in [6.07, 6.45) is -5.25. The second kappa shape index (κ2) is 3.88. The lowest BCUT2D eigenvalue weighted by molar-refractivity contribution is -0.138. The number of halogens is 4. The molecule has 0 spiro atoms. The Hall–Kier alpha value is -1.59. The minimum Gasteiger partial charge on any atom is -0.369 e. The van der Waals surface area contributed by atoms with E-state index in [4.69, 9.17) is 5.73 Å². The number of benzene rings is 1. The average molecular weight is 221 g/mol. The average Bonchev–Trinajstić information content (AvgIpc) is 2.05. The van der Waals surface area contributed by atoms with Gasteiger partial charge >= 0.3 is 6.18 Å². The Labute approximate surface area is 82.7 Å². The fourth-order valence-corrected chi connectivity index (χ4v) is 1.15. The maximum absolute atomic E-state index is 12.6. The van der Waals surface area contributed by atoms with Gasteiger partial charge in [0.1, 0.15) is 5.82 Å². The maximum atomic E-state index is 12.6. The Bertz CT molecular complexity index is 386. The van der Waals surface area contributed by atoms with Crippen LogP contribution in [0.1, 0.15) is 11.1 Å². The first-order valence-corrected chi connectivity index (χ1v) is 3.94. The normalized spacial score (nSPS) is 11.5. The molecule has 2 N–H and O–H groups in total. The highest BCUT2D eigenvalue weighted by Gasteiger charge is 2.33. The van der Waals surface area contributed by atoms with Crippen molar-refractivity contribution < 1.29 is 22.4 Å². The molecule has 0 radical (unpaired) electrons. The fourth-order valence-electron chi connectivity index (χ4n) is 1.15. The van der Waals surface area contributed by atoms with E-state index in [9.17, 15) is 22.4 Å². The summed E-state index contributed by atoms with van der Waals surface area (Å²) in [6.45, 7) is 0. The predicted molar refractivity (Wildman–Crippen MR) is 44.3 cm³/mol. The summed E-state index contributed by atoms with van der Waals surface area (Å²) < 4.78 is 49.7. The van der Waals surface area contributed by atoms with E-state index in [0.29, 0.717) is 6.07 Å². The standard InChI is InChI=1S/C9H7F4NO/c10-6-2-1-5(3-8(14)15)7(4-6)9(11,12)13/h1-2,4H,3H2,(H2,14,15). The monoisotopic (exact) mass is 221 g/mol. The number of alkyl halides is 3. The molecule has 0 heterocycles. The lowest BCUT2D eigenvalue weighted by Crippen LogP contribution is -2.18. The smallest absolute Gasteiger partial charge is 0.369 e. The third kappa shape index (κ3) is 2.93. The minimum absolute atomic E-state index is 0.323. The summed E-state index contributed by atoms with van der Waals surface area (Å²) in [7, 11) is 0. The summed E-state index contributed by atoms with van der Waals surface area (Å²) in [5, 5.41) is 0. The van der Waals surface area contributed by atoms with E-state index in [1.807, 2.05) is 0 Å². The van der Waals surface area contributed by atoms with Gasteiger partial charge in [0, 0.05) is 0 Å². The van der Waals surface area contributed by atoms with Gasteiger partial charge < -0.3 is 5.73 Å². The second-order valence-corrected chi connectivity index (χ2v) is 2.94. The van der Waals surface area contributed by atoms with Crippen molar-refractivity contribution in [3.8, 4) is 0 Å². The molecular weight excluding hydrogens is 214 g/mol. The van der Waals surface area contributed by atoms with Crippen LogP contribution < -0.4 is 5.73 Å². The molecule has 1 rings (SSSR count). The first kappa shape index (κ1) is 11.5. The number of hydrogen-bond donors (Lipinski definition) is 1. The van der Waals surface area contributed by atoms with Gasteiger partial charge in [-0.25, -0.2) is 4.39 Å². The van der Waals surface area contributed by atoms with Crippen molar-refractivity contribution in [1.29, 1.82) is 0 Å². The van der Waals surface area contributed by atoms with Crippen molar-refractivity contribution in [2.75, 3.05) is 0 Å². The Kier molecular flexibility index (Phi) is 2.97. The summed E-state index contributed by atoms with van der Waals surface area (Å²) in [4.78, 5) is 10.5. The third-order valence-corrected chi connectivity index (χ3v) is 1.74. The molecule has 1 aromatic carbocycles. The summed E-state index contributed by atoms with van der Waals surface area (Å²) in [5.74, 6) is -1.90. The summed E-state index contributed by atoms with van der Waals surface area (Å²) >= 11 is 0. The molecule has 0 atom stereocenters. The Morgan fingerprint density at radius 3 is 2.40 bits per heavy atom. The molecule has 0 unspecified atom stereocenters. The number of carbonyl (C=O) groups excluding carboxylic acids is 1. The van der Waals surface area contributed by atoms with Gasteiger partial charge in [0.2, 0.25) is 5.91 Å². The zero-order valence-corrected chi connectivity index (χ0v) is 7.44. The number of rotatable bonds is 2. The molecule has 0 aliphatic rings. The number of hydrogen-bond acceptors (Lipinski definition) is 1. The maximum Gasteiger partial charge on any atom is 0.416 e. The first-order chi connectivity index (χ1) is 6.80. The largest absolute Gasteiger partial charge is 0.416 e. The van der Waals surface area contributed by atoms with Gasteiger partial charge in [-0.3, -0.25) is 4.79 Å². The van der Waals surface area contributed by atoms with Gasteiger partial charge in [-0.2, -0.15) is 13.2 Å². The third-order valence-electron chi connectivity index (χ3n) is 1.74. The van der Waals surface area contributed by atoms with Crippen molar-refractivity contribution in [3.63, 3.8) is 0 Å². The molecule has 0 aliphatic heterocycles. The van der Waals surface area contributed by atoms with E-state index in [2.05, 4.69) is 0 Å². The molecule has 2 nitrogen and oxygen atoms in total. The van der Waals surface area contributed by atoms with E-state index in [0.717, 1.165) is 12.1 Å². The molecule has 82 valence electrons. The molecule has 0 saturated heterocycles. The molecule has 0 fully saturated rings. The molecule has 6 heteroatoms. The van der Waals surface area contributed by atoms with E-state index in [-0.39, 0.29) is 5.56 Å². The zero-order valence-electron chi connectivity index (χ0n) is 7.44. The van der Waals surface area contributed by atoms with Crippen LogP contribution in [0.3, 0.4) is 0 Å². The lowest BCUT2D eigenvalue weighted by atomic mass is 10.0. The molecule has 1 amide bonds. The van der Waals surface area contributed by atoms with Crippen LogP contribution in [0.25, 0.3) is 0 Å². The molecule has 1 aromatic rings. The summed E-state index contributed by atoms with van der Waals surface area (Å²) in [6, 6.07) is 2.11. The van der Waals surface area contributed by atoms with Crippen molar-refractivity contribution >= 4 is 5.91 Å². The number of amides is 1. The van der Waals surface area contributed by atoms with Crippen LogP contribution in [0.2, 0.25) is 0 Å². The number of carbonyl (C=O) groups is 1. The van der Waals surface area contributed by atoms with Gasteiger partial charge in [0.15, 0.2) is 0 Å². The van der Waals surface area contributed by atoms with Gasteiger partial charge in [-0.15, -0.1) is 0 Å². The van der Waals surface area contributed by atoms with Crippen molar-refractivity contribution in [2.24, 2.45) is 5.73 Å². The number of nitrogens with two attached hydrogens (primary N) is 1. The Morgan fingerprint density at radius 1 is 1.33 bits per heavy atom. The number of primary amides is 1. The lowest BCUT2D eigenvalue weighted by Gasteiger charge is -2.11. The highest BCUT2D eigenvalue weighted by atomic mass is 19.4. The molecule has 15 heavy (non-hydrogen) atoms. The molecule has 0 bridgehead atoms.